The standard InChI is InChI=1S/C13H20BrNOS/c1-13(2,3)12(15-4)9-17(16)11-8-6-5-7-10(11)14/h5-8,12,15H,9H2,1-4H3. The van der Waals surface area contributed by atoms with E-state index in [2.05, 4.69) is 42.0 Å². The maximum absolute atomic E-state index is 12.3. The van der Waals surface area contributed by atoms with Gasteiger partial charge in [-0.2, -0.15) is 0 Å². The van der Waals surface area contributed by atoms with E-state index < -0.39 is 10.8 Å². The fourth-order valence-corrected chi connectivity index (χ4v) is 4.13. The molecule has 0 spiro atoms. The summed E-state index contributed by atoms with van der Waals surface area (Å²) in [6.45, 7) is 6.47. The van der Waals surface area contributed by atoms with E-state index in [1.807, 2.05) is 31.3 Å². The van der Waals surface area contributed by atoms with Crippen molar-refractivity contribution in [1.82, 2.24) is 5.32 Å². The highest BCUT2D eigenvalue weighted by Crippen LogP contribution is 2.24. The van der Waals surface area contributed by atoms with Crippen LogP contribution >= 0.6 is 15.9 Å². The Morgan fingerprint density at radius 2 is 1.94 bits per heavy atom. The second-order valence-corrected chi connectivity index (χ2v) is 7.47. The van der Waals surface area contributed by atoms with Crippen molar-refractivity contribution in [3.63, 3.8) is 0 Å². The van der Waals surface area contributed by atoms with E-state index >= 15 is 0 Å². The van der Waals surface area contributed by atoms with Crippen LogP contribution < -0.4 is 5.32 Å². The molecule has 0 saturated heterocycles. The van der Waals surface area contributed by atoms with Crippen molar-refractivity contribution < 1.29 is 4.21 Å². The zero-order valence-corrected chi connectivity index (χ0v) is 13.2. The molecule has 1 N–H and O–H groups in total. The van der Waals surface area contributed by atoms with E-state index in [1.165, 1.54) is 0 Å². The fourth-order valence-electron chi connectivity index (χ4n) is 1.64. The van der Waals surface area contributed by atoms with Gasteiger partial charge in [0.25, 0.3) is 0 Å². The van der Waals surface area contributed by atoms with E-state index in [-0.39, 0.29) is 11.5 Å². The molecule has 2 nitrogen and oxygen atoms in total. The number of hydrogen-bond donors (Lipinski definition) is 1. The molecular formula is C13H20BrNOS. The monoisotopic (exact) mass is 317 g/mol. The molecule has 1 aromatic rings. The van der Waals surface area contributed by atoms with Crippen LogP contribution in [0, 0.1) is 5.41 Å². The lowest BCUT2D eigenvalue weighted by Gasteiger charge is -2.30. The van der Waals surface area contributed by atoms with Crippen molar-refractivity contribution >= 4 is 26.7 Å². The summed E-state index contributed by atoms with van der Waals surface area (Å²) in [5.74, 6) is 0.628. The molecular weight excluding hydrogens is 298 g/mol. The lowest BCUT2D eigenvalue weighted by Crippen LogP contribution is -2.42. The van der Waals surface area contributed by atoms with Gasteiger partial charge in [-0.05, 0) is 40.5 Å². The molecule has 0 aromatic heterocycles. The molecule has 0 heterocycles. The molecule has 0 radical (unpaired) electrons. The minimum Gasteiger partial charge on any atom is -0.316 e. The zero-order chi connectivity index (χ0) is 13.1. The van der Waals surface area contributed by atoms with E-state index in [4.69, 9.17) is 0 Å². The molecule has 0 saturated carbocycles. The Morgan fingerprint density at radius 1 is 1.35 bits per heavy atom. The van der Waals surface area contributed by atoms with Crippen LogP contribution in [-0.2, 0) is 10.8 Å². The van der Waals surface area contributed by atoms with Crippen molar-refractivity contribution in [2.45, 2.75) is 31.7 Å². The SMILES string of the molecule is CNC(CS(=O)c1ccccc1Br)C(C)(C)C. The molecule has 2 atom stereocenters. The first kappa shape index (κ1) is 14.9. The van der Waals surface area contributed by atoms with Crippen molar-refractivity contribution in [3.05, 3.63) is 28.7 Å². The van der Waals surface area contributed by atoms with Crippen molar-refractivity contribution in [3.8, 4) is 0 Å². The summed E-state index contributed by atoms with van der Waals surface area (Å²) in [6, 6.07) is 7.93. The van der Waals surface area contributed by atoms with E-state index in [0.29, 0.717) is 5.75 Å². The average molecular weight is 318 g/mol. The number of nitrogens with one attached hydrogen (secondary N) is 1. The Bertz CT molecular complexity index is 401. The summed E-state index contributed by atoms with van der Waals surface area (Å²) in [6.07, 6.45) is 0. The van der Waals surface area contributed by atoms with Gasteiger partial charge in [-0.1, -0.05) is 32.9 Å². The van der Waals surface area contributed by atoms with Crippen LogP contribution in [0.4, 0.5) is 0 Å². The van der Waals surface area contributed by atoms with Gasteiger partial charge < -0.3 is 5.32 Å². The first-order valence-electron chi connectivity index (χ1n) is 5.66. The van der Waals surface area contributed by atoms with Crippen molar-refractivity contribution in [1.29, 1.82) is 0 Å². The zero-order valence-electron chi connectivity index (χ0n) is 10.8. The van der Waals surface area contributed by atoms with Gasteiger partial charge in [-0.15, -0.1) is 0 Å². The molecule has 0 amide bonds. The van der Waals surface area contributed by atoms with Crippen LogP contribution in [0.3, 0.4) is 0 Å². The molecule has 0 aliphatic rings. The lowest BCUT2D eigenvalue weighted by atomic mass is 9.88. The fraction of sp³-hybridized carbons (Fsp3) is 0.538. The summed E-state index contributed by atoms with van der Waals surface area (Å²) >= 11 is 3.45. The largest absolute Gasteiger partial charge is 0.316 e. The smallest absolute Gasteiger partial charge is 0.0556 e. The van der Waals surface area contributed by atoms with Crippen molar-refractivity contribution in [2.24, 2.45) is 5.41 Å². The van der Waals surface area contributed by atoms with Crippen LogP contribution in [0.5, 0.6) is 0 Å². The lowest BCUT2D eigenvalue weighted by molar-refractivity contribution is 0.304. The third-order valence-electron chi connectivity index (χ3n) is 2.79. The van der Waals surface area contributed by atoms with Crippen LogP contribution in [0.1, 0.15) is 20.8 Å². The van der Waals surface area contributed by atoms with Gasteiger partial charge >= 0.3 is 0 Å². The van der Waals surface area contributed by atoms with Crippen molar-refractivity contribution in [2.75, 3.05) is 12.8 Å². The molecule has 0 bridgehead atoms. The van der Waals surface area contributed by atoms with Crippen LogP contribution in [0.25, 0.3) is 0 Å². The number of halogens is 1. The van der Waals surface area contributed by atoms with Gasteiger partial charge in [-0.3, -0.25) is 4.21 Å². The predicted octanol–water partition coefficient (Wildman–Crippen LogP) is 3.19. The molecule has 96 valence electrons. The Balaban J connectivity index is 2.83. The highest BCUT2D eigenvalue weighted by atomic mass is 79.9. The number of hydrogen-bond acceptors (Lipinski definition) is 2. The molecule has 0 aliphatic heterocycles. The predicted molar refractivity (Wildman–Crippen MR) is 77.7 cm³/mol. The quantitative estimate of drug-likeness (QED) is 0.924. The first-order chi connectivity index (χ1) is 7.86. The topological polar surface area (TPSA) is 29.1 Å². The van der Waals surface area contributed by atoms with Gasteiger partial charge in [0.2, 0.25) is 0 Å². The molecule has 1 rings (SSSR count). The highest BCUT2D eigenvalue weighted by molar-refractivity contribution is 9.10. The summed E-state index contributed by atoms with van der Waals surface area (Å²) in [7, 11) is 0.943. The summed E-state index contributed by atoms with van der Waals surface area (Å²) in [5.41, 5.74) is 0.103. The summed E-state index contributed by atoms with van der Waals surface area (Å²) in [5, 5.41) is 3.25. The van der Waals surface area contributed by atoms with Gasteiger partial charge in [0, 0.05) is 16.3 Å². The van der Waals surface area contributed by atoms with Crippen LogP contribution in [-0.4, -0.2) is 23.1 Å². The highest BCUT2D eigenvalue weighted by Gasteiger charge is 2.25. The maximum Gasteiger partial charge on any atom is 0.0556 e. The maximum atomic E-state index is 12.3. The number of benzene rings is 1. The van der Waals surface area contributed by atoms with Gasteiger partial charge in [0.05, 0.1) is 15.7 Å². The van der Waals surface area contributed by atoms with E-state index in [0.717, 1.165) is 9.37 Å². The number of rotatable bonds is 4. The third-order valence-corrected chi connectivity index (χ3v) is 5.23. The van der Waals surface area contributed by atoms with Gasteiger partial charge in [0.1, 0.15) is 0 Å². The van der Waals surface area contributed by atoms with E-state index in [1.54, 1.807) is 0 Å². The molecule has 0 aliphatic carbocycles. The van der Waals surface area contributed by atoms with Crippen LogP contribution in [0.2, 0.25) is 0 Å². The molecule has 17 heavy (non-hydrogen) atoms. The molecule has 1 aromatic carbocycles. The van der Waals surface area contributed by atoms with Crippen LogP contribution in [0.15, 0.2) is 33.6 Å². The average Bonchev–Trinajstić information content (AvgIpc) is 2.24. The Morgan fingerprint density at radius 3 is 2.41 bits per heavy atom. The second kappa shape index (κ2) is 6.12. The van der Waals surface area contributed by atoms with Gasteiger partial charge in [-0.25, -0.2) is 0 Å². The normalized spacial score (nSPS) is 15.6. The Hall–Kier alpha value is -0.190. The summed E-state index contributed by atoms with van der Waals surface area (Å²) < 4.78 is 13.2. The summed E-state index contributed by atoms with van der Waals surface area (Å²) in [4.78, 5) is 0.872. The second-order valence-electron chi connectivity index (χ2n) is 5.15. The molecule has 4 heteroatoms. The third kappa shape index (κ3) is 4.19. The van der Waals surface area contributed by atoms with Gasteiger partial charge in [0.15, 0.2) is 0 Å². The minimum atomic E-state index is -0.981. The Kier molecular flexibility index (Phi) is 5.35. The Labute approximate surface area is 115 Å². The minimum absolute atomic E-state index is 0.103. The molecule has 2 unspecified atom stereocenters. The first-order valence-corrected chi connectivity index (χ1v) is 7.77. The van der Waals surface area contributed by atoms with E-state index in [9.17, 15) is 4.21 Å². The molecule has 0 fully saturated rings.